The zero-order valence-electron chi connectivity index (χ0n) is 21.7. The van der Waals surface area contributed by atoms with Gasteiger partial charge in [0.15, 0.2) is 14.6 Å². The fourth-order valence-corrected chi connectivity index (χ4v) is 5.48. The minimum atomic E-state index is -1.36. The monoisotopic (exact) mass is 523 g/mol. The molecule has 1 amide bonds. The zero-order valence-corrected chi connectivity index (χ0v) is 22.6. The van der Waals surface area contributed by atoms with E-state index in [-0.39, 0.29) is 13.2 Å². The maximum Gasteiger partial charge on any atom is 0.435 e. The minimum absolute atomic E-state index is 0.224. The van der Waals surface area contributed by atoms with Crippen molar-refractivity contribution in [1.29, 1.82) is 0 Å². The van der Waals surface area contributed by atoms with Gasteiger partial charge in [-0.2, -0.15) is 4.99 Å². The Morgan fingerprint density at radius 2 is 2.11 bits per heavy atom. The lowest BCUT2D eigenvalue weighted by atomic mass is 9.96. The number of aryl methyl sites for hydroxylation is 1. The molecule has 1 unspecified atom stereocenters. The third-order valence-corrected chi connectivity index (χ3v) is 7.16. The summed E-state index contributed by atoms with van der Waals surface area (Å²) in [6.45, 7) is 20.1. The molecule has 0 radical (unpaired) electrons. The topological polar surface area (TPSA) is 129 Å². The molecule has 13 heteroatoms. The second kappa shape index (κ2) is 10.8. The van der Waals surface area contributed by atoms with Crippen molar-refractivity contribution in [2.45, 2.75) is 77.5 Å². The van der Waals surface area contributed by atoms with Gasteiger partial charge in [-0.05, 0) is 41.0 Å². The average Bonchev–Trinajstić information content (AvgIpc) is 3.24. The van der Waals surface area contributed by atoms with Crippen LogP contribution in [0.3, 0.4) is 0 Å². The normalized spacial score (nSPS) is 26.7. The second-order valence-electron chi connectivity index (χ2n) is 9.84. The molecule has 2 saturated heterocycles. The zero-order chi connectivity index (χ0) is 26.8. The molecular formula is C23H34N5O7P. The Morgan fingerprint density at radius 1 is 1.42 bits per heavy atom. The fraction of sp³-hybridized carbons (Fsp3) is 0.696. The number of rotatable bonds is 7. The molecule has 1 N–H and O–H groups in total. The Balaban J connectivity index is 2.01. The molecule has 1 aromatic heterocycles. The molecule has 0 spiro atoms. The minimum Gasteiger partial charge on any atom is -0.442 e. The van der Waals surface area contributed by atoms with E-state index in [1.165, 1.54) is 10.8 Å². The number of aliphatic imine (C=N–C) groups is 1. The van der Waals surface area contributed by atoms with Crippen molar-refractivity contribution in [3.63, 3.8) is 0 Å². The molecule has 0 aromatic carbocycles. The molecule has 1 aromatic rings. The first-order chi connectivity index (χ1) is 16.8. The number of amides is 1. The highest BCUT2D eigenvalue weighted by Gasteiger charge is 2.65. The highest BCUT2D eigenvalue weighted by molar-refractivity contribution is 7.46. The van der Waals surface area contributed by atoms with Crippen LogP contribution in [0.25, 0.3) is 4.85 Å². The first-order valence-electron chi connectivity index (χ1n) is 11.7. The standard InChI is InChI=1S/C23H34N5O7P/c1-9-23-13-28(15(3)25-21(31)34-22(4,5)6)16(17(23)35-36(8)32-11-10-24-7)19(33-23)27-12-14(2)18(29)26-20(27)30/h12,16-17,19H,9-11,13H2,1-6,8H3,(H,26,29,30)/t16-,17+,19-,23+,36?/m1/s1. The number of morpholine rings is 1. The summed E-state index contributed by atoms with van der Waals surface area (Å²) in [5.74, 6) is 0.398. The van der Waals surface area contributed by atoms with Gasteiger partial charge in [0.05, 0.1) is 6.54 Å². The molecule has 3 rings (SSSR count). The van der Waals surface area contributed by atoms with Crippen LogP contribution < -0.4 is 11.2 Å². The van der Waals surface area contributed by atoms with Gasteiger partial charge in [0.2, 0.25) is 6.54 Å². The van der Waals surface area contributed by atoms with E-state index in [1.807, 2.05) is 11.8 Å². The highest BCUT2D eigenvalue weighted by Crippen LogP contribution is 2.53. The van der Waals surface area contributed by atoms with Gasteiger partial charge < -0.3 is 28.3 Å². The molecule has 0 aliphatic carbocycles. The Labute approximate surface area is 211 Å². The Bertz CT molecular complexity index is 1170. The molecular weight excluding hydrogens is 489 g/mol. The van der Waals surface area contributed by atoms with Gasteiger partial charge in [0.1, 0.15) is 35.8 Å². The van der Waals surface area contributed by atoms with Crippen molar-refractivity contribution in [2.75, 3.05) is 26.4 Å². The van der Waals surface area contributed by atoms with Crippen LogP contribution in [-0.2, 0) is 18.5 Å². The van der Waals surface area contributed by atoms with Gasteiger partial charge in [-0.25, -0.2) is 16.2 Å². The highest BCUT2D eigenvalue weighted by atomic mass is 31.2. The van der Waals surface area contributed by atoms with Crippen LogP contribution in [0, 0.1) is 13.5 Å². The van der Waals surface area contributed by atoms with Crippen molar-refractivity contribution in [1.82, 2.24) is 14.5 Å². The average molecular weight is 524 g/mol. The van der Waals surface area contributed by atoms with E-state index in [4.69, 9.17) is 25.1 Å². The Kier molecular flexibility index (Phi) is 8.41. The number of fused-ring (bicyclic) bond motifs is 2. The van der Waals surface area contributed by atoms with E-state index in [0.29, 0.717) is 24.4 Å². The van der Waals surface area contributed by atoms with Gasteiger partial charge >= 0.3 is 11.8 Å². The third kappa shape index (κ3) is 5.86. The van der Waals surface area contributed by atoms with E-state index in [9.17, 15) is 14.4 Å². The van der Waals surface area contributed by atoms with Crippen molar-refractivity contribution in [3.8, 4) is 0 Å². The molecule has 2 bridgehead atoms. The fourth-order valence-electron chi connectivity index (χ4n) is 4.44. The molecule has 0 saturated carbocycles. The lowest BCUT2D eigenvalue weighted by Gasteiger charge is -2.38. The molecule has 2 aliphatic heterocycles. The summed E-state index contributed by atoms with van der Waals surface area (Å²) in [4.78, 5) is 48.9. The lowest BCUT2D eigenvalue weighted by Crippen LogP contribution is -2.50. The van der Waals surface area contributed by atoms with Crippen LogP contribution in [0.4, 0.5) is 4.79 Å². The van der Waals surface area contributed by atoms with Gasteiger partial charge in [-0.15, -0.1) is 0 Å². The Morgan fingerprint density at radius 3 is 2.72 bits per heavy atom. The lowest BCUT2D eigenvalue weighted by molar-refractivity contribution is -0.126. The number of carbonyl (C=O) groups excluding carboxylic acids is 1. The quantitative estimate of drug-likeness (QED) is 0.190. The first-order valence-corrected chi connectivity index (χ1v) is 13.4. The first kappa shape index (κ1) is 28.0. The molecule has 36 heavy (non-hydrogen) atoms. The second-order valence-corrected chi connectivity index (χ2v) is 11.2. The van der Waals surface area contributed by atoms with Gasteiger partial charge in [0, 0.05) is 18.4 Å². The number of nitrogens with one attached hydrogen (secondary N) is 1. The number of hydrogen-bond acceptors (Lipinski definition) is 7. The van der Waals surface area contributed by atoms with Crippen molar-refractivity contribution < 1.29 is 23.3 Å². The van der Waals surface area contributed by atoms with E-state index in [1.54, 1.807) is 41.3 Å². The SMILES string of the molecule is [C-]#[N+]CCOP(C)O[C@H]1[C@@H]2[C@H](n3cc(C)c(=O)[nH]c3=O)O[C@@]1(CC)CN2C(C)=NC(=O)OC(C)(C)C. The van der Waals surface area contributed by atoms with E-state index in [0.717, 1.165) is 0 Å². The number of aromatic amines is 1. The summed E-state index contributed by atoms with van der Waals surface area (Å²) in [7, 11) is -1.36. The van der Waals surface area contributed by atoms with Gasteiger partial charge in [-0.3, -0.25) is 14.3 Å². The van der Waals surface area contributed by atoms with Crippen LogP contribution in [0.1, 0.15) is 52.8 Å². The van der Waals surface area contributed by atoms with Gasteiger partial charge in [0.25, 0.3) is 5.56 Å². The molecule has 12 nitrogen and oxygen atoms in total. The predicted molar refractivity (Wildman–Crippen MR) is 134 cm³/mol. The number of H-pyrrole nitrogens is 1. The summed E-state index contributed by atoms with van der Waals surface area (Å²) in [5.41, 5.74) is -2.25. The van der Waals surface area contributed by atoms with Crippen LogP contribution in [0.15, 0.2) is 20.8 Å². The van der Waals surface area contributed by atoms with Crippen molar-refractivity contribution >= 4 is 20.3 Å². The van der Waals surface area contributed by atoms with Crippen LogP contribution in [0.5, 0.6) is 0 Å². The van der Waals surface area contributed by atoms with Gasteiger partial charge in [-0.1, -0.05) is 6.92 Å². The summed E-state index contributed by atoms with van der Waals surface area (Å²) < 4.78 is 25.2. The molecule has 2 fully saturated rings. The number of hydrogen-bond donors (Lipinski definition) is 1. The van der Waals surface area contributed by atoms with Crippen LogP contribution >= 0.6 is 8.38 Å². The largest absolute Gasteiger partial charge is 0.442 e. The van der Waals surface area contributed by atoms with E-state index in [2.05, 4.69) is 14.8 Å². The smallest absolute Gasteiger partial charge is 0.435 e. The third-order valence-electron chi connectivity index (χ3n) is 6.09. The van der Waals surface area contributed by atoms with E-state index < -0.39 is 55.3 Å². The number of aromatic nitrogens is 2. The number of carbonyl (C=O) groups is 1. The number of nitrogens with zero attached hydrogens (tertiary/aromatic N) is 4. The predicted octanol–water partition coefficient (Wildman–Crippen LogP) is 2.82. The number of ether oxygens (including phenoxy) is 2. The number of likely N-dealkylation sites (tertiary alicyclic amines) is 1. The maximum atomic E-state index is 12.8. The summed E-state index contributed by atoms with van der Waals surface area (Å²) in [5, 5.41) is 0. The summed E-state index contributed by atoms with van der Waals surface area (Å²) >= 11 is 0. The van der Waals surface area contributed by atoms with Crippen LogP contribution in [-0.4, -0.2) is 76.1 Å². The summed E-state index contributed by atoms with van der Waals surface area (Å²) in [6, 6.07) is -0.548. The van der Waals surface area contributed by atoms with E-state index >= 15 is 0 Å². The number of amidine groups is 1. The van der Waals surface area contributed by atoms with Crippen LogP contribution in [0.2, 0.25) is 0 Å². The maximum absolute atomic E-state index is 12.8. The Hall–Kier alpha value is -2.58. The summed E-state index contributed by atoms with van der Waals surface area (Å²) in [6.07, 6.45) is -0.0578. The van der Waals surface area contributed by atoms with Crippen molar-refractivity contribution in [3.05, 3.63) is 44.0 Å². The molecule has 3 heterocycles. The van der Waals surface area contributed by atoms with Crippen molar-refractivity contribution in [2.24, 2.45) is 4.99 Å². The molecule has 5 atom stereocenters. The molecule has 198 valence electrons. The molecule has 2 aliphatic rings.